The van der Waals surface area contributed by atoms with E-state index in [0.29, 0.717) is 0 Å². The Kier molecular flexibility index (Phi) is 16.0. The van der Waals surface area contributed by atoms with Crippen LogP contribution in [0, 0.1) is 0 Å². The van der Waals surface area contributed by atoms with Gasteiger partial charge in [0.15, 0.2) is 0 Å². The third kappa shape index (κ3) is 1800. The molecule has 0 aromatic rings. The molecular formula is FeNiO8S2. The van der Waals surface area contributed by atoms with E-state index in [4.69, 9.17) is 35.0 Å². The first kappa shape index (κ1) is 23.0. The Morgan fingerprint density at radius 2 is 0.667 bits per heavy atom. The molecule has 0 heterocycles. The van der Waals surface area contributed by atoms with Gasteiger partial charge >= 0.3 is 33.6 Å². The molecule has 78 valence electrons. The fraction of sp³-hybridized carbons (Fsp3) is 0. The summed E-state index contributed by atoms with van der Waals surface area (Å²) in [7, 11) is -10.3. The molecule has 0 aliphatic carbocycles. The zero-order valence-corrected chi connectivity index (χ0v) is 8.48. The fourth-order valence-electron chi connectivity index (χ4n) is 0. The van der Waals surface area contributed by atoms with Crippen LogP contribution in [0.5, 0.6) is 0 Å². The van der Waals surface area contributed by atoms with Crippen LogP contribution in [0.2, 0.25) is 0 Å². The summed E-state index contributed by atoms with van der Waals surface area (Å²) >= 11 is 0. The quantitative estimate of drug-likeness (QED) is 0.265. The molecule has 0 radical (unpaired) electrons. The Hall–Kier alpha value is 0.753. The second kappa shape index (κ2) is 8.36. The second-order valence-corrected chi connectivity index (χ2v) is 2.45. The number of hydrogen-bond donors (Lipinski definition) is 0. The van der Waals surface area contributed by atoms with Crippen molar-refractivity contribution < 1.29 is 68.6 Å². The van der Waals surface area contributed by atoms with E-state index in [-0.39, 0.29) is 33.6 Å². The van der Waals surface area contributed by atoms with Crippen LogP contribution >= 0.6 is 0 Å². The van der Waals surface area contributed by atoms with Gasteiger partial charge in [-0.1, -0.05) is 0 Å². The van der Waals surface area contributed by atoms with E-state index in [1.165, 1.54) is 0 Å². The van der Waals surface area contributed by atoms with Gasteiger partial charge < -0.3 is 18.2 Å². The monoisotopic (exact) mass is 306 g/mol. The van der Waals surface area contributed by atoms with Crippen LogP contribution in [-0.4, -0.2) is 35.0 Å². The molecule has 0 saturated heterocycles. The third-order valence-electron chi connectivity index (χ3n) is 0. The maximum absolute atomic E-state index is 8.52. The summed E-state index contributed by atoms with van der Waals surface area (Å²) in [5, 5.41) is 0. The maximum Gasteiger partial charge on any atom is 2.00 e. The molecule has 0 aromatic carbocycles. The summed E-state index contributed by atoms with van der Waals surface area (Å²) in [5.74, 6) is 0. The third-order valence-corrected chi connectivity index (χ3v) is 0. The second-order valence-electron chi connectivity index (χ2n) is 0.816. The van der Waals surface area contributed by atoms with Gasteiger partial charge in [-0.05, 0) is 0 Å². The molecule has 0 bridgehead atoms. The first-order valence-corrected chi connectivity index (χ1v) is 4.00. The van der Waals surface area contributed by atoms with Crippen LogP contribution < -0.4 is 0 Å². The van der Waals surface area contributed by atoms with E-state index in [1.54, 1.807) is 0 Å². The van der Waals surface area contributed by atoms with Crippen LogP contribution in [-0.2, 0) is 54.4 Å². The average Bonchev–Trinajstić information content (AvgIpc) is 1.12. The van der Waals surface area contributed by atoms with Gasteiger partial charge in [-0.25, -0.2) is 0 Å². The van der Waals surface area contributed by atoms with Crippen molar-refractivity contribution in [2.75, 3.05) is 0 Å². The molecule has 0 atom stereocenters. The van der Waals surface area contributed by atoms with Crippen molar-refractivity contribution in [3.63, 3.8) is 0 Å². The minimum absolute atomic E-state index is 0. The van der Waals surface area contributed by atoms with Crippen molar-refractivity contribution in [2.45, 2.75) is 0 Å². The van der Waals surface area contributed by atoms with Crippen LogP contribution in [0.1, 0.15) is 0 Å². The normalized spacial score (nSPS) is 9.67. The Labute approximate surface area is 89.3 Å². The summed E-state index contributed by atoms with van der Waals surface area (Å²) in [6.07, 6.45) is 0. The van der Waals surface area contributed by atoms with Gasteiger partial charge in [-0.2, -0.15) is 0 Å². The van der Waals surface area contributed by atoms with Crippen molar-refractivity contribution in [2.24, 2.45) is 0 Å². The van der Waals surface area contributed by atoms with Gasteiger partial charge in [0.25, 0.3) is 0 Å². The van der Waals surface area contributed by atoms with Crippen molar-refractivity contribution in [1.82, 2.24) is 0 Å². The topological polar surface area (TPSA) is 161 Å². The zero-order chi connectivity index (χ0) is 9.00. The van der Waals surface area contributed by atoms with Crippen molar-refractivity contribution in [3.8, 4) is 0 Å². The standard InChI is InChI=1S/Fe.Ni.2H2O4S/c;;2*1-5(2,3)4/h;;2*(H2,1,2,3,4)/q2*+2;;/p-4. The van der Waals surface area contributed by atoms with E-state index < -0.39 is 20.8 Å². The Morgan fingerprint density at radius 3 is 0.667 bits per heavy atom. The van der Waals surface area contributed by atoms with Gasteiger partial charge in [-0.3, -0.25) is 16.8 Å². The zero-order valence-electron chi connectivity index (χ0n) is 4.75. The van der Waals surface area contributed by atoms with E-state index in [1.807, 2.05) is 0 Å². The first-order valence-electron chi connectivity index (χ1n) is 1.33. The molecule has 8 nitrogen and oxygen atoms in total. The van der Waals surface area contributed by atoms with E-state index in [9.17, 15) is 0 Å². The molecule has 0 saturated carbocycles. The van der Waals surface area contributed by atoms with Crippen molar-refractivity contribution >= 4 is 20.8 Å². The van der Waals surface area contributed by atoms with Crippen LogP contribution in [0.25, 0.3) is 0 Å². The molecule has 0 N–H and O–H groups in total. The molecule has 0 spiro atoms. The molecule has 0 aromatic heterocycles. The number of hydrogen-bond acceptors (Lipinski definition) is 8. The Balaban J connectivity index is -0.0000000457. The van der Waals surface area contributed by atoms with Crippen LogP contribution in [0.4, 0.5) is 0 Å². The summed E-state index contributed by atoms with van der Waals surface area (Å²) in [5.41, 5.74) is 0. The SMILES string of the molecule is O=S(=O)([O-])[O-].O=S(=O)([O-])[O-].[Fe+2].[Ni+2]. The molecule has 0 rings (SSSR count). The van der Waals surface area contributed by atoms with Gasteiger partial charge in [-0.15, -0.1) is 0 Å². The molecule has 12 heavy (non-hydrogen) atoms. The molecule has 0 aliphatic rings. The molecule has 0 aliphatic heterocycles. The van der Waals surface area contributed by atoms with Gasteiger partial charge in [0.05, 0.1) is 0 Å². The summed E-state index contributed by atoms with van der Waals surface area (Å²) in [6.45, 7) is 0. The predicted molar refractivity (Wildman–Crippen MR) is 20.9 cm³/mol. The van der Waals surface area contributed by atoms with Gasteiger partial charge in [0, 0.05) is 20.8 Å². The number of rotatable bonds is 0. The van der Waals surface area contributed by atoms with Crippen molar-refractivity contribution in [3.05, 3.63) is 0 Å². The summed E-state index contributed by atoms with van der Waals surface area (Å²) < 4.78 is 68.2. The molecular weight excluding hydrogens is 307 g/mol. The Bertz CT molecular complexity index is 213. The summed E-state index contributed by atoms with van der Waals surface area (Å²) in [4.78, 5) is 0. The summed E-state index contributed by atoms with van der Waals surface area (Å²) in [6, 6.07) is 0. The molecule has 0 unspecified atom stereocenters. The smallest absolute Gasteiger partial charge is 0.759 e. The van der Waals surface area contributed by atoms with Crippen LogP contribution in [0.15, 0.2) is 0 Å². The van der Waals surface area contributed by atoms with E-state index in [2.05, 4.69) is 0 Å². The largest absolute Gasteiger partial charge is 2.00 e. The molecule has 0 fully saturated rings. The average molecular weight is 307 g/mol. The minimum atomic E-state index is -5.17. The van der Waals surface area contributed by atoms with E-state index >= 15 is 0 Å². The molecule has 12 heteroatoms. The van der Waals surface area contributed by atoms with Crippen molar-refractivity contribution in [1.29, 1.82) is 0 Å². The predicted octanol–water partition coefficient (Wildman–Crippen LogP) is -2.68. The molecule has 0 amide bonds. The fourth-order valence-corrected chi connectivity index (χ4v) is 0. The minimum Gasteiger partial charge on any atom is -0.759 e. The van der Waals surface area contributed by atoms with Gasteiger partial charge in [0.1, 0.15) is 0 Å². The maximum atomic E-state index is 8.52. The van der Waals surface area contributed by atoms with Gasteiger partial charge in [0.2, 0.25) is 0 Å². The van der Waals surface area contributed by atoms with E-state index in [0.717, 1.165) is 0 Å². The Morgan fingerprint density at radius 1 is 0.667 bits per heavy atom. The van der Waals surface area contributed by atoms with Crippen LogP contribution in [0.3, 0.4) is 0 Å². The first-order chi connectivity index (χ1) is 4.00.